The molecule has 0 aliphatic carbocycles. The van der Waals surface area contributed by atoms with Gasteiger partial charge in [0.15, 0.2) is 11.5 Å². The van der Waals surface area contributed by atoms with Crippen LogP contribution in [0.1, 0.15) is 24.0 Å². The van der Waals surface area contributed by atoms with E-state index >= 15 is 0 Å². The third-order valence-corrected chi connectivity index (χ3v) is 6.31. The van der Waals surface area contributed by atoms with Gasteiger partial charge < -0.3 is 19.5 Å². The van der Waals surface area contributed by atoms with Crippen LogP contribution in [0, 0.1) is 0 Å². The van der Waals surface area contributed by atoms with Crippen LogP contribution in [0.25, 0.3) is 0 Å². The molecule has 2 aliphatic heterocycles. The molecule has 2 aliphatic rings. The molecule has 5 nitrogen and oxygen atoms in total. The van der Waals surface area contributed by atoms with Gasteiger partial charge in [-0.25, -0.2) is 0 Å². The summed E-state index contributed by atoms with van der Waals surface area (Å²) in [6.45, 7) is 2.92. The second-order valence-electron chi connectivity index (χ2n) is 7.46. The van der Waals surface area contributed by atoms with Crippen molar-refractivity contribution in [2.24, 2.45) is 0 Å². The van der Waals surface area contributed by atoms with Crippen LogP contribution >= 0.6 is 27.5 Å². The first kappa shape index (κ1) is 20.5. The minimum absolute atomic E-state index is 0.0430. The van der Waals surface area contributed by atoms with E-state index in [9.17, 15) is 4.79 Å². The van der Waals surface area contributed by atoms with E-state index in [1.807, 2.05) is 18.2 Å². The van der Waals surface area contributed by atoms with Gasteiger partial charge >= 0.3 is 0 Å². The first-order valence-electron chi connectivity index (χ1n) is 9.74. The summed E-state index contributed by atoms with van der Waals surface area (Å²) in [5.41, 5.74) is 1.90. The Morgan fingerprint density at radius 3 is 2.69 bits per heavy atom. The predicted octanol–water partition coefficient (Wildman–Crippen LogP) is 4.28. The highest BCUT2D eigenvalue weighted by Crippen LogP contribution is 2.39. The van der Waals surface area contributed by atoms with Crippen LogP contribution in [-0.4, -0.2) is 38.9 Å². The molecule has 0 aromatic heterocycles. The van der Waals surface area contributed by atoms with Crippen molar-refractivity contribution < 1.29 is 19.0 Å². The van der Waals surface area contributed by atoms with E-state index < -0.39 is 0 Å². The minimum atomic E-state index is -0.123. The van der Waals surface area contributed by atoms with Crippen molar-refractivity contribution in [2.45, 2.75) is 24.7 Å². The fraction of sp³-hybridized carbons (Fsp3) is 0.409. The van der Waals surface area contributed by atoms with Crippen LogP contribution in [0.2, 0.25) is 5.02 Å². The number of ether oxygens (including phenoxy) is 3. The number of carbonyl (C=O) groups is 1. The van der Waals surface area contributed by atoms with Crippen molar-refractivity contribution in [1.82, 2.24) is 5.32 Å². The molecule has 154 valence electrons. The molecule has 4 rings (SSSR count). The number of halogens is 2. The van der Waals surface area contributed by atoms with E-state index in [-0.39, 0.29) is 17.7 Å². The van der Waals surface area contributed by atoms with E-state index in [0.717, 1.165) is 22.9 Å². The smallest absolute Gasteiger partial charge is 0.224 e. The molecule has 0 radical (unpaired) electrons. The lowest BCUT2D eigenvalue weighted by Gasteiger charge is -2.38. The lowest BCUT2D eigenvalue weighted by molar-refractivity contribution is -0.120. The second-order valence-corrected chi connectivity index (χ2v) is 8.78. The summed E-state index contributed by atoms with van der Waals surface area (Å²) in [6, 6.07) is 11.9. The van der Waals surface area contributed by atoms with E-state index in [0.29, 0.717) is 49.5 Å². The van der Waals surface area contributed by atoms with Crippen LogP contribution in [0.4, 0.5) is 0 Å². The fourth-order valence-electron chi connectivity index (χ4n) is 3.93. The normalized spacial score (nSPS) is 17.6. The predicted molar refractivity (Wildman–Crippen MR) is 115 cm³/mol. The van der Waals surface area contributed by atoms with Crippen molar-refractivity contribution in [3.05, 3.63) is 57.0 Å². The van der Waals surface area contributed by atoms with Crippen LogP contribution in [0.5, 0.6) is 11.5 Å². The molecule has 0 bridgehead atoms. The molecule has 29 heavy (non-hydrogen) atoms. The van der Waals surface area contributed by atoms with Crippen LogP contribution < -0.4 is 14.8 Å². The molecule has 2 aromatic carbocycles. The monoisotopic (exact) mass is 479 g/mol. The third kappa shape index (κ3) is 4.71. The number of amides is 1. The van der Waals surface area contributed by atoms with E-state index in [4.69, 9.17) is 25.8 Å². The molecule has 1 fully saturated rings. The van der Waals surface area contributed by atoms with Crippen molar-refractivity contribution in [1.29, 1.82) is 0 Å². The van der Waals surface area contributed by atoms with Crippen molar-refractivity contribution in [2.75, 3.05) is 33.0 Å². The Morgan fingerprint density at radius 2 is 1.90 bits per heavy atom. The zero-order valence-electron chi connectivity index (χ0n) is 16.0. The maximum absolute atomic E-state index is 12.7. The quantitative estimate of drug-likeness (QED) is 0.694. The highest BCUT2D eigenvalue weighted by atomic mass is 79.9. The number of hydrogen-bond acceptors (Lipinski definition) is 4. The maximum Gasteiger partial charge on any atom is 0.224 e. The van der Waals surface area contributed by atoms with Gasteiger partial charge in [0.1, 0.15) is 13.2 Å². The Morgan fingerprint density at radius 1 is 1.10 bits per heavy atom. The van der Waals surface area contributed by atoms with E-state index in [1.54, 1.807) is 6.07 Å². The minimum Gasteiger partial charge on any atom is -0.486 e. The molecule has 0 saturated carbocycles. The Hall–Kier alpha value is -1.76. The van der Waals surface area contributed by atoms with Crippen LogP contribution in [0.15, 0.2) is 40.9 Å². The van der Waals surface area contributed by atoms with Gasteiger partial charge in [-0.2, -0.15) is 0 Å². The topological polar surface area (TPSA) is 56.8 Å². The highest BCUT2D eigenvalue weighted by molar-refractivity contribution is 9.10. The zero-order valence-corrected chi connectivity index (χ0v) is 18.4. The average Bonchev–Trinajstić information content (AvgIpc) is 2.73. The van der Waals surface area contributed by atoms with Gasteiger partial charge in [-0.1, -0.05) is 39.7 Å². The lowest BCUT2D eigenvalue weighted by atomic mass is 9.74. The molecule has 0 spiro atoms. The van der Waals surface area contributed by atoms with Gasteiger partial charge in [0.05, 0.1) is 11.4 Å². The standard InChI is InChI=1S/C22H23BrClNO4/c23-17-3-1-2-16(13-17)22(4-6-27-7-5-22)14-25-20(26)12-15-10-18(24)21-19(11-15)28-8-9-29-21/h1-3,10-11,13H,4-9,12,14H2,(H,25,26). The fourth-order valence-corrected chi connectivity index (χ4v) is 4.62. The molecule has 1 saturated heterocycles. The van der Waals surface area contributed by atoms with E-state index in [2.05, 4.69) is 33.4 Å². The summed E-state index contributed by atoms with van der Waals surface area (Å²) in [4.78, 5) is 12.7. The number of rotatable bonds is 5. The van der Waals surface area contributed by atoms with Gasteiger partial charge in [-0.05, 0) is 48.2 Å². The van der Waals surface area contributed by atoms with Crippen molar-refractivity contribution in [3.8, 4) is 11.5 Å². The SMILES string of the molecule is O=C(Cc1cc(Cl)c2c(c1)OCCO2)NCC1(c2cccc(Br)c2)CCOCC1. The van der Waals surface area contributed by atoms with Crippen molar-refractivity contribution in [3.63, 3.8) is 0 Å². The Kier molecular flexibility index (Phi) is 6.32. The zero-order chi connectivity index (χ0) is 20.3. The average molecular weight is 481 g/mol. The largest absolute Gasteiger partial charge is 0.486 e. The van der Waals surface area contributed by atoms with Crippen LogP contribution in [0.3, 0.4) is 0 Å². The first-order chi connectivity index (χ1) is 14.1. The number of nitrogens with one attached hydrogen (secondary N) is 1. The highest BCUT2D eigenvalue weighted by Gasteiger charge is 2.35. The number of hydrogen-bond donors (Lipinski definition) is 1. The summed E-state index contributed by atoms with van der Waals surface area (Å²) in [6.07, 6.45) is 1.99. The second kappa shape index (κ2) is 8.94. The molecule has 2 aromatic rings. The van der Waals surface area contributed by atoms with Gasteiger partial charge in [0.2, 0.25) is 5.91 Å². The van der Waals surface area contributed by atoms with Gasteiger partial charge in [-0.3, -0.25) is 4.79 Å². The van der Waals surface area contributed by atoms with Crippen molar-refractivity contribution >= 4 is 33.4 Å². The molecule has 1 amide bonds. The summed E-state index contributed by atoms with van der Waals surface area (Å²) >= 11 is 9.85. The lowest BCUT2D eigenvalue weighted by Crippen LogP contribution is -2.45. The molecular formula is C22H23BrClNO4. The summed E-state index contributed by atoms with van der Waals surface area (Å²) in [7, 11) is 0. The third-order valence-electron chi connectivity index (χ3n) is 5.53. The molecule has 7 heteroatoms. The van der Waals surface area contributed by atoms with E-state index in [1.165, 1.54) is 5.56 Å². The summed E-state index contributed by atoms with van der Waals surface area (Å²) < 4.78 is 17.8. The van der Waals surface area contributed by atoms with Gasteiger partial charge in [-0.15, -0.1) is 0 Å². The summed E-state index contributed by atoms with van der Waals surface area (Å²) in [5, 5.41) is 3.61. The Bertz CT molecular complexity index is 898. The number of carbonyl (C=O) groups excluding carboxylic acids is 1. The molecule has 2 heterocycles. The molecule has 1 N–H and O–H groups in total. The number of benzene rings is 2. The Labute approximate surface area is 183 Å². The van der Waals surface area contributed by atoms with Crippen LogP contribution in [-0.2, 0) is 21.4 Å². The molecule has 0 atom stereocenters. The molecule has 0 unspecified atom stereocenters. The Balaban J connectivity index is 1.45. The number of fused-ring (bicyclic) bond motifs is 1. The first-order valence-corrected chi connectivity index (χ1v) is 10.9. The summed E-state index contributed by atoms with van der Waals surface area (Å²) in [5.74, 6) is 1.11. The molecular weight excluding hydrogens is 458 g/mol. The maximum atomic E-state index is 12.7. The van der Waals surface area contributed by atoms with Gasteiger partial charge in [0.25, 0.3) is 0 Å². The van der Waals surface area contributed by atoms with Gasteiger partial charge in [0, 0.05) is 29.6 Å².